The third kappa shape index (κ3) is 3.08. The molecule has 1 aliphatic rings. The van der Waals surface area contributed by atoms with E-state index in [1.54, 1.807) is 11.1 Å². The Labute approximate surface area is 121 Å². The molecule has 0 radical (unpaired) electrons. The number of aromatic nitrogens is 1. The normalized spacial score (nSPS) is 14.4. The van der Waals surface area contributed by atoms with Crippen molar-refractivity contribution in [2.75, 3.05) is 18.5 Å². The minimum Gasteiger partial charge on any atom is -0.448 e. The topological polar surface area (TPSA) is 54.5 Å². The van der Waals surface area contributed by atoms with Crippen LogP contribution >= 0.6 is 11.5 Å². The number of rotatable bonds is 5. The van der Waals surface area contributed by atoms with Gasteiger partial charge in [0.05, 0.1) is 13.1 Å². The number of hydrogen-bond acceptors (Lipinski definition) is 5. The smallest absolute Gasteiger partial charge is 0.410 e. The summed E-state index contributed by atoms with van der Waals surface area (Å²) in [6.07, 6.45) is 1.58. The minimum absolute atomic E-state index is 0.225. The molecule has 0 spiro atoms. The van der Waals surface area contributed by atoms with Gasteiger partial charge in [-0.05, 0) is 35.3 Å². The van der Waals surface area contributed by atoms with Gasteiger partial charge in [-0.2, -0.15) is 0 Å². The predicted octanol–water partition coefficient (Wildman–Crippen LogP) is 2.71. The lowest BCUT2D eigenvalue weighted by molar-refractivity contribution is 0.157. The second-order valence-corrected chi connectivity index (χ2v) is 5.48. The van der Waals surface area contributed by atoms with Gasteiger partial charge in [0, 0.05) is 23.3 Å². The molecule has 0 bridgehead atoms. The fourth-order valence-electron chi connectivity index (χ4n) is 2.04. The highest BCUT2D eigenvalue weighted by Crippen LogP contribution is 2.15. The second kappa shape index (κ2) is 5.92. The number of nitrogens with one attached hydrogen (secondary N) is 1. The Balaban J connectivity index is 1.55. The number of nitrogens with zero attached hydrogens (tertiary/aromatic N) is 2. The van der Waals surface area contributed by atoms with E-state index in [4.69, 9.17) is 4.74 Å². The molecule has 1 amide bonds. The first-order valence-corrected chi connectivity index (χ1v) is 7.23. The predicted molar refractivity (Wildman–Crippen MR) is 77.6 cm³/mol. The molecule has 0 saturated carbocycles. The van der Waals surface area contributed by atoms with E-state index in [2.05, 4.69) is 9.69 Å². The van der Waals surface area contributed by atoms with Crippen LogP contribution in [0, 0.1) is 0 Å². The molecule has 20 heavy (non-hydrogen) atoms. The highest BCUT2D eigenvalue weighted by Gasteiger charge is 2.21. The number of amides is 1. The maximum Gasteiger partial charge on any atom is 0.410 e. The summed E-state index contributed by atoms with van der Waals surface area (Å²) in [5.41, 5.74) is 2.17. The molecule has 6 heteroatoms. The van der Waals surface area contributed by atoms with Crippen molar-refractivity contribution in [1.82, 2.24) is 9.27 Å². The molecule has 104 valence electrons. The van der Waals surface area contributed by atoms with Crippen molar-refractivity contribution in [3.63, 3.8) is 0 Å². The van der Waals surface area contributed by atoms with E-state index in [0.717, 1.165) is 17.8 Å². The zero-order valence-corrected chi connectivity index (χ0v) is 11.7. The standard InChI is InChI=1S/C14H15N3O2S/c18-14-17(7-8-19-14)10-11-1-3-12(4-2-11)15-9-13-5-6-16-20-13/h1-6,15H,7-10H2. The lowest BCUT2D eigenvalue weighted by Crippen LogP contribution is -2.23. The van der Waals surface area contributed by atoms with E-state index < -0.39 is 0 Å². The molecule has 3 rings (SSSR count). The monoisotopic (exact) mass is 289 g/mol. The molecule has 0 atom stereocenters. The third-order valence-electron chi connectivity index (χ3n) is 3.13. The van der Waals surface area contributed by atoms with Crippen molar-refractivity contribution in [3.05, 3.63) is 47.0 Å². The summed E-state index contributed by atoms with van der Waals surface area (Å²) < 4.78 is 8.98. The van der Waals surface area contributed by atoms with Crippen LogP contribution in [0.5, 0.6) is 0 Å². The average molecular weight is 289 g/mol. The fourth-order valence-corrected chi connectivity index (χ4v) is 2.56. The number of carbonyl (C=O) groups excluding carboxylic acids is 1. The molecule has 0 aliphatic carbocycles. The number of cyclic esters (lactones) is 1. The van der Waals surface area contributed by atoms with Crippen molar-refractivity contribution in [3.8, 4) is 0 Å². The van der Waals surface area contributed by atoms with Crippen LogP contribution in [0.25, 0.3) is 0 Å². The maximum absolute atomic E-state index is 11.4. The third-order valence-corrected chi connectivity index (χ3v) is 3.87. The van der Waals surface area contributed by atoms with Crippen LogP contribution in [-0.2, 0) is 17.8 Å². The minimum atomic E-state index is -0.225. The highest BCUT2D eigenvalue weighted by molar-refractivity contribution is 7.05. The summed E-state index contributed by atoms with van der Waals surface area (Å²) in [5.74, 6) is 0. The Morgan fingerprint density at radius 1 is 1.30 bits per heavy atom. The van der Waals surface area contributed by atoms with Gasteiger partial charge in [0.25, 0.3) is 0 Å². The van der Waals surface area contributed by atoms with Gasteiger partial charge >= 0.3 is 6.09 Å². The van der Waals surface area contributed by atoms with E-state index in [0.29, 0.717) is 19.7 Å². The lowest BCUT2D eigenvalue weighted by atomic mass is 10.2. The van der Waals surface area contributed by atoms with Gasteiger partial charge in [-0.3, -0.25) is 0 Å². The second-order valence-electron chi connectivity index (χ2n) is 4.57. The van der Waals surface area contributed by atoms with Gasteiger partial charge in [-0.15, -0.1) is 0 Å². The molecule has 1 saturated heterocycles. The summed E-state index contributed by atoms with van der Waals surface area (Å²) in [4.78, 5) is 14.3. The first-order valence-electron chi connectivity index (χ1n) is 6.45. The molecule has 0 unspecified atom stereocenters. The van der Waals surface area contributed by atoms with Crippen LogP contribution in [0.3, 0.4) is 0 Å². The van der Waals surface area contributed by atoms with E-state index in [1.165, 1.54) is 16.4 Å². The Bertz CT molecular complexity index is 569. The van der Waals surface area contributed by atoms with E-state index >= 15 is 0 Å². The van der Waals surface area contributed by atoms with E-state index in [-0.39, 0.29) is 6.09 Å². The first-order chi connectivity index (χ1) is 9.81. The van der Waals surface area contributed by atoms with Crippen LogP contribution < -0.4 is 5.32 Å². The number of benzene rings is 1. The molecular weight excluding hydrogens is 274 g/mol. The van der Waals surface area contributed by atoms with E-state index in [1.807, 2.05) is 30.3 Å². The number of hydrogen-bond donors (Lipinski definition) is 1. The number of ether oxygens (including phenoxy) is 1. The van der Waals surface area contributed by atoms with Crippen LogP contribution in [0.1, 0.15) is 10.4 Å². The van der Waals surface area contributed by atoms with Crippen molar-refractivity contribution < 1.29 is 9.53 Å². The Morgan fingerprint density at radius 3 is 2.80 bits per heavy atom. The van der Waals surface area contributed by atoms with Crippen LogP contribution in [0.15, 0.2) is 36.5 Å². The highest BCUT2D eigenvalue weighted by atomic mass is 32.1. The molecule has 2 heterocycles. The summed E-state index contributed by atoms with van der Waals surface area (Å²) in [6.45, 7) is 2.55. The molecule has 1 N–H and O–H groups in total. The van der Waals surface area contributed by atoms with Crippen LogP contribution in [0.4, 0.5) is 10.5 Å². The molecule has 1 aliphatic heterocycles. The molecule has 1 aromatic heterocycles. The van der Waals surface area contributed by atoms with Gasteiger partial charge in [-0.25, -0.2) is 9.17 Å². The lowest BCUT2D eigenvalue weighted by Gasteiger charge is -2.13. The van der Waals surface area contributed by atoms with Crippen molar-refractivity contribution >= 4 is 23.3 Å². The SMILES string of the molecule is O=C1OCCN1Cc1ccc(NCc2ccns2)cc1. The summed E-state index contributed by atoms with van der Waals surface area (Å²) >= 11 is 1.50. The number of carbonyl (C=O) groups is 1. The average Bonchev–Trinajstić information content (AvgIpc) is 3.11. The Kier molecular flexibility index (Phi) is 3.83. The molecule has 1 aromatic carbocycles. The molecule has 2 aromatic rings. The van der Waals surface area contributed by atoms with E-state index in [9.17, 15) is 4.79 Å². The summed E-state index contributed by atoms with van der Waals surface area (Å²) in [6, 6.07) is 10.1. The van der Waals surface area contributed by atoms with Crippen molar-refractivity contribution in [1.29, 1.82) is 0 Å². The largest absolute Gasteiger partial charge is 0.448 e. The zero-order valence-electron chi connectivity index (χ0n) is 10.9. The fraction of sp³-hybridized carbons (Fsp3) is 0.286. The van der Waals surface area contributed by atoms with Crippen molar-refractivity contribution in [2.45, 2.75) is 13.1 Å². The number of anilines is 1. The van der Waals surface area contributed by atoms with Gasteiger partial charge in [0.1, 0.15) is 6.61 Å². The summed E-state index contributed by atoms with van der Waals surface area (Å²) in [5, 5.41) is 3.34. The van der Waals surface area contributed by atoms with Gasteiger partial charge < -0.3 is 15.0 Å². The molecule has 1 fully saturated rings. The van der Waals surface area contributed by atoms with Gasteiger partial charge in [-0.1, -0.05) is 12.1 Å². The van der Waals surface area contributed by atoms with Gasteiger partial charge in [0.2, 0.25) is 0 Å². The first kappa shape index (κ1) is 12.9. The molecular formula is C14H15N3O2S. The Morgan fingerprint density at radius 2 is 2.15 bits per heavy atom. The quantitative estimate of drug-likeness (QED) is 0.919. The van der Waals surface area contributed by atoms with Crippen molar-refractivity contribution in [2.24, 2.45) is 0 Å². The Hall–Kier alpha value is -2.08. The molecule has 5 nitrogen and oxygen atoms in total. The zero-order chi connectivity index (χ0) is 13.8. The maximum atomic E-state index is 11.4. The summed E-state index contributed by atoms with van der Waals surface area (Å²) in [7, 11) is 0. The van der Waals surface area contributed by atoms with Gasteiger partial charge in [0.15, 0.2) is 0 Å². The van der Waals surface area contributed by atoms with Crippen LogP contribution in [-0.4, -0.2) is 28.5 Å². The van der Waals surface area contributed by atoms with Crippen LogP contribution in [0.2, 0.25) is 0 Å².